The maximum atomic E-state index is 11.3. The molecule has 0 saturated carbocycles. The second-order valence-corrected chi connectivity index (χ2v) is 6.62. The molecule has 2 aromatic rings. The summed E-state index contributed by atoms with van der Waals surface area (Å²) in [6, 6.07) is 0. The van der Waals surface area contributed by atoms with Gasteiger partial charge in [-0.2, -0.15) is 5.10 Å². The number of hydrogen-bond donors (Lipinski definition) is 0. The van der Waals surface area contributed by atoms with Crippen molar-refractivity contribution in [2.45, 2.75) is 31.3 Å². The van der Waals surface area contributed by atoms with Crippen molar-refractivity contribution in [1.29, 1.82) is 0 Å². The normalized spacial score (nSPS) is 11.9. The van der Waals surface area contributed by atoms with Crippen LogP contribution in [0.1, 0.15) is 25.0 Å². The number of rotatable bonds is 5. The molecule has 0 aliphatic rings. The van der Waals surface area contributed by atoms with Gasteiger partial charge in [-0.25, -0.2) is 18.4 Å². The Hall–Kier alpha value is -1.41. The lowest BCUT2D eigenvalue weighted by atomic mass is 10.3. The molecule has 2 rings (SSSR count). The van der Waals surface area contributed by atoms with E-state index < -0.39 is 9.05 Å². The van der Waals surface area contributed by atoms with E-state index in [1.54, 1.807) is 16.3 Å². The van der Waals surface area contributed by atoms with Crippen molar-refractivity contribution >= 4 is 19.7 Å². The standard InChI is InChI=1S/C10H14ClN5O2S/c1-3-4-8-14-10(19(11,17)18)6-16(8)5-9-12-7-13-15(9)2/h6-7H,3-5H2,1-2H3. The largest absolute Gasteiger partial charge is 0.326 e. The number of nitrogens with zero attached hydrogens (tertiary/aromatic N) is 5. The highest BCUT2D eigenvalue weighted by atomic mass is 35.7. The zero-order chi connectivity index (χ0) is 14.0. The van der Waals surface area contributed by atoms with Gasteiger partial charge in [-0.1, -0.05) is 6.92 Å². The molecule has 0 bridgehead atoms. The van der Waals surface area contributed by atoms with E-state index in [2.05, 4.69) is 15.1 Å². The van der Waals surface area contributed by atoms with Gasteiger partial charge in [0.1, 0.15) is 18.0 Å². The van der Waals surface area contributed by atoms with Crippen LogP contribution in [0.4, 0.5) is 0 Å². The van der Waals surface area contributed by atoms with Crippen molar-refractivity contribution in [3.63, 3.8) is 0 Å². The third kappa shape index (κ3) is 3.13. The van der Waals surface area contributed by atoms with Gasteiger partial charge in [-0.15, -0.1) is 0 Å². The molecule has 0 fully saturated rings. The van der Waals surface area contributed by atoms with E-state index in [0.29, 0.717) is 24.6 Å². The fourth-order valence-corrected chi connectivity index (χ4v) is 2.41. The van der Waals surface area contributed by atoms with Crippen LogP contribution in [0, 0.1) is 0 Å². The molecule has 19 heavy (non-hydrogen) atoms. The molecule has 0 aromatic carbocycles. The number of halogens is 1. The van der Waals surface area contributed by atoms with Gasteiger partial charge >= 0.3 is 0 Å². The average Bonchev–Trinajstić information content (AvgIpc) is 2.88. The van der Waals surface area contributed by atoms with Crippen molar-refractivity contribution in [1.82, 2.24) is 24.3 Å². The lowest BCUT2D eigenvalue weighted by Gasteiger charge is -2.05. The number of imidazole rings is 1. The van der Waals surface area contributed by atoms with Crippen molar-refractivity contribution in [2.24, 2.45) is 7.05 Å². The molecule has 0 radical (unpaired) electrons. The molecule has 0 unspecified atom stereocenters. The van der Waals surface area contributed by atoms with Gasteiger partial charge in [-0.3, -0.25) is 4.68 Å². The predicted molar refractivity (Wildman–Crippen MR) is 69.4 cm³/mol. The smallest absolute Gasteiger partial charge is 0.280 e. The van der Waals surface area contributed by atoms with Crippen LogP contribution < -0.4 is 0 Å². The minimum Gasteiger partial charge on any atom is -0.326 e. The molecule has 0 aliphatic carbocycles. The lowest BCUT2D eigenvalue weighted by Crippen LogP contribution is -2.09. The minimum atomic E-state index is -3.81. The van der Waals surface area contributed by atoms with Crippen LogP contribution in [0.3, 0.4) is 0 Å². The molecule has 0 N–H and O–H groups in total. The molecule has 104 valence electrons. The zero-order valence-electron chi connectivity index (χ0n) is 10.6. The van der Waals surface area contributed by atoms with Gasteiger partial charge < -0.3 is 4.57 Å². The van der Waals surface area contributed by atoms with Gasteiger partial charge in [0.25, 0.3) is 9.05 Å². The minimum absolute atomic E-state index is 0.125. The first kappa shape index (κ1) is 14.0. The van der Waals surface area contributed by atoms with Gasteiger partial charge in [0.2, 0.25) is 0 Å². The van der Waals surface area contributed by atoms with E-state index in [0.717, 1.165) is 6.42 Å². The monoisotopic (exact) mass is 303 g/mol. The highest BCUT2D eigenvalue weighted by Gasteiger charge is 2.18. The first-order valence-electron chi connectivity index (χ1n) is 5.75. The van der Waals surface area contributed by atoms with Crippen LogP contribution in [-0.4, -0.2) is 32.7 Å². The Morgan fingerprint density at radius 2 is 2.11 bits per heavy atom. The maximum absolute atomic E-state index is 11.3. The van der Waals surface area contributed by atoms with Gasteiger partial charge in [-0.05, 0) is 6.42 Å². The molecule has 2 aromatic heterocycles. The maximum Gasteiger partial charge on any atom is 0.280 e. The fraction of sp³-hybridized carbons (Fsp3) is 0.500. The van der Waals surface area contributed by atoms with Crippen LogP contribution in [0.25, 0.3) is 0 Å². The molecule has 0 amide bonds. The SMILES string of the molecule is CCCc1nc(S(=O)(=O)Cl)cn1Cc1ncnn1C. The van der Waals surface area contributed by atoms with Gasteiger partial charge in [0.05, 0.1) is 6.54 Å². The van der Waals surface area contributed by atoms with E-state index in [9.17, 15) is 8.42 Å². The van der Waals surface area contributed by atoms with E-state index in [1.165, 1.54) is 12.5 Å². The van der Waals surface area contributed by atoms with Crippen molar-refractivity contribution in [3.05, 3.63) is 24.2 Å². The third-order valence-corrected chi connectivity index (χ3v) is 3.85. The highest BCUT2D eigenvalue weighted by molar-refractivity contribution is 8.13. The Balaban J connectivity index is 2.38. The lowest BCUT2D eigenvalue weighted by molar-refractivity contribution is 0.606. The van der Waals surface area contributed by atoms with Crippen LogP contribution >= 0.6 is 10.7 Å². The molecule has 7 nitrogen and oxygen atoms in total. The summed E-state index contributed by atoms with van der Waals surface area (Å²) in [5.74, 6) is 1.39. The summed E-state index contributed by atoms with van der Waals surface area (Å²) in [5, 5.41) is 3.85. The predicted octanol–water partition coefficient (Wildman–Crippen LogP) is 0.940. The first-order chi connectivity index (χ1) is 8.91. The Bertz CT molecular complexity index is 676. The Morgan fingerprint density at radius 3 is 2.63 bits per heavy atom. The first-order valence-corrected chi connectivity index (χ1v) is 8.06. The summed E-state index contributed by atoms with van der Waals surface area (Å²) in [6.45, 7) is 2.40. The van der Waals surface area contributed by atoms with Crippen LogP contribution in [-0.2, 0) is 29.1 Å². The van der Waals surface area contributed by atoms with Gasteiger partial charge in [0.15, 0.2) is 5.03 Å². The third-order valence-electron chi connectivity index (χ3n) is 2.68. The second-order valence-electron chi connectivity index (χ2n) is 4.11. The van der Waals surface area contributed by atoms with E-state index in [4.69, 9.17) is 10.7 Å². The highest BCUT2D eigenvalue weighted by Crippen LogP contribution is 2.16. The van der Waals surface area contributed by atoms with Crippen molar-refractivity contribution < 1.29 is 8.42 Å². The summed E-state index contributed by atoms with van der Waals surface area (Å²) < 4.78 is 26.0. The number of aromatic nitrogens is 5. The molecule has 0 saturated heterocycles. The van der Waals surface area contributed by atoms with Crippen molar-refractivity contribution in [2.75, 3.05) is 0 Å². The Kier molecular flexibility index (Phi) is 3.91. The Labute approximate surface area is 115 Å². The summed E-state index contributed by atoms with van der Waals surface area (Å²) in [5.41, 5.74) is 0. The molecular formula is C10H14ClN5O2S. The number of hydrogen-bond acceptors (Lipinski definition) is 5. The molecule has 0 spiro atoms. The van der Waals surface area contributed by atoms with Gasteiger partial charge in [0, 0.05) is 30.3 Å². The van der Waals surface area contributed by atoms with Crippen molar-refractivity contribution in [3.8, 4) is 0 Å². The summed E-state index contributed by atoms with van der Waals surface area (Å²) >= 11 is 0. The van der Waals surface area contributed by atoms with Crippen LogP contribution in [0.15, 0.2) is 17.6 Å². The molecule has 0 atom stereocenters. The summed E-state index contributed by atoms with van der Waals surface area (Å²) in [7, 11) is 3.28. The second kappa shape index (κ2) is 5.30. The molecular weight excluding hydrogens is 290 g/mol. The molecule has 2 heterocycles. The fourth-order valence-electron chi connectivity index (χ4n) is 1.72. The summed E-state index contributed by atoms with van der Waals surface area (Å²) in [6.07, 6.45) is 4.41. The van der Waals surface area contributed by atoms with E-state index in [1.807, 2.05) is 6.92 Å². The average molecular weight is 304 g/mol. The number of aryl methyl sites for hydroxylation is 2. The molecule has 0 aliphatic heterocycles. The Morgan fingerprint density at radius 1 is 1.37 bits per heavy atom. The van der Waals surface area contributed by atoms with E-state index in [-0.39, 0.29) is 5.03 Å². The van der Waals surface area contributed by atoms with Crippen LogP contribution in [0.5, 0.6) is 0 Å². The zero-order valence-corrected chi connectivity index (χ0v) is 12.2. The topological polar surface area (TPSA) is 82.7 Å². The van der Waals surface area contributed by atoms with Crippen LogP contribution in [0.2, 0.25) is 0 Å². The summed E-state index contributed by atoms with van der Waals surface area (Å²) in [4.78, 5) is 8.17. The molecule has 9 heteroatoms. The quantitative estimate of drug-likeness (QED) is 0.768. The van der Waals surface area contributed by atoms with E-state index >= 15 is 0 Å².